The third-order valence-electron chi connectivity index (χ3n) is 2.99. The average Bonchev–Trinajstić information content (AvgIpc) is 2.87. The van der Waals surface area contributed by atoms with Crippen LogP contribution in [-0.2, 0) is 6.42 Å². The van der Waals surface area contributed by atoms with Crippen molar-refractivity contribution in [2.45, 2.75) is 38.1 Å². The van der Waals surface area contributed by atoms with Crippen molar-refractivity contribution >= 4 is 6.01 Å². The van der Waals surface area contributed by atoms with Crippen molar-refractivity contribution in [3.05, 3.63) is 5.89 Å². The SMILES string of the molecule is CN(c1nnc(CCN)o1)C1CCCC1. The Kier molecular flexibility index (Phi) is 3.20. The molecule has 0 bridgehead atoms. The van der Waals surface area contributed by atoms with E-state index >= 15 is 0 Å². The lowest BCUT2D eigenvalue weighted by Crippen LogP contribution is -2.28. The molecule has 2 rings (SSSR count). The minimum atomic E-state index is 0.550. The van der Waals surface area contributed by atoms with Crippen molar-refractivity contribution in [2.24, 2.45) is 5.73 Å². The van der Waals surface area contributed by atoms with Gasteiger partial charge in [-0.25, -0.2) is 0 Å². The van der Waals surface area contributed by atoms with Gasteiger partial charge in [-0.2, -0.15) is 0 Å². The third kappa shape index (κ3) is 2.28. The lowest BCUT2D eigenvalue weighted by Gasteiger charge is -2.21. The number of anilines is 1. The molecule has 0 unspecified atom stereocenters. The van der Waals surface area contributed by atoms with Gasteiger partial charge < -0.3 is 15.1 Å². The van der Waals surface area contributed by atoms with E-state index in [1.54, 1.807) is 0 Å². The van der Waals surface area contributed by atoms with Gasteiger partial charge >= 0.3 is 6.01 Å². The lowest BCUT2D eigenvalue weighted by atomic mass is 10.2. The maximum absolute atomic E-state index is 5.52. The summed E-state index contributed by atoms with van der Waals surface area (Å²) in [5.74, 6) is 0.636. The first-order valence-electron chi connectivity index (χ1n) is 5.56. The number of nitrogens with two attached hydrogens (primary N) is 1. The van der Waals surface area contributed by atoms with Gasteiger partial charge in [-0.1, -0.05) is 17.9 Å². The van der Waals surface area contributed by atoms with Crippen LogP contribution in [-0.4, -0.2) is 29.8 Å². The van der Waals surface area contributed by atoms with Crippen LogP contribution in [0, 0.1) is 0 Å². The molecular formula is C10H18N4O. The first-order chi connectivity index (χ1) is 7.31. The van der Waals surface area contributed by atoms with Gasteiger partial charge in [-0.05, 0) is 12.8 Å². The molecule has 1 aliphatic rings. The Morgan fingerprint density at radius 2 is 2.13 bits per heavy atom. The minimum Gasteiger partial charge on any atom is -0.408 e. The van der Waals surface area contributed by atoms with E-state index in [4.69, 9.17) is 10.2 Å². The predicted molar refractivity (Wildman–Crippen MR) is 57.7 cm³/mol. The van der Waals surface area contributed by atoms with Gasteiger partial charge in [-0.15, -0.1) is 5.10 Å². The van der Waals surface area contributed by atoms with E-state index in [0.29, 0.717) is 30.9 Å². The second kappa shape index (κ2) is 4.61. The third-order valence-corrected chi connectivity index (χ3v) is 2.99. The fourth-order valence-corrected chi connectivity index (χ4v) is 2.06. The van der Waals surface area contributed by atoms with E-state index in [9.17, 15) is 0 Å². The van der Waals surface area contributed by atoms with Crippen molar-refractivity contribution in [3.63, 3.8) is 0 Å². The fourth-order valence-electron chi connectivity index (χ4n) is 2.06. The van der Waals surface area contributed by atoms with E-state index in [1.165, 1.54) is 25.7 Å². The summed E-state index contributed by atoms with van der Waals surface area (Å²) >= 11 is 0. The van der Waals surface area contributed by atoms with Crippen LogP contribution in [0.4, 0.5) is 6.01 Å². The Morgan fingerprint density at radius 1 is 1.40 bits per heavy atom. The molecule has 1 aromatic rings. The van der Waals surface area contributed by atoms with Gasteiger partial charge in [0, 0.05) is 26.1 Å². The summed E-state index contributed by atoms with van der Waals surface area (Å²) in [4.78, 5) is 2.10. The fraction of sp³-hybridized carbons (Fsp3) is 0.800. The summed E-state index contributed by atoms with van der Waals surface area (Å²) in [6.07, 6.45) is 5.72. The highest BCUT2D eigenvalue weighted by Crippen LogP contribution is 2.25. The highest BCUT2D eigenvalue weighted by Gasteiger charge is 2.23. The highest BCUT2D eigenvalue weighted by molar-refractivity contribution is 5.25. The lowest BCUT2D eigenvalue weighted by molar-refractivity contribution is 0.473. The van der Waals surface area contributed by atoms with Gasteiger partial charge in [0.25, 0.3) is 0 Å². The molecule has 0 atom stereocenters. The molecule has 15 heavy (non-hydrogen) atoms. The summed E-state index contributed by atoms with van der Waals surface area (Å²) < 4.78 is 5.52. The summed E-state index contributed by atoms with van der Waals surface area (Å²) in [7, 11) is 2.02. The highest BCUT2D eigenvalue weighted by atomic mass is 16.4. The quantitative estimate of drug-likeness (QED) is 0.801. The van der Waals surface area contributed by atoms with Crippen molar-refractivity contribution in [3.8, 4) is 0 Å². The molecule has 1 saturated carbocycles. The van der Waals surface area contributed by atoms with Gasteiger partial charge in [0.05, 0.1) is 0 Å². The molecule has 5 heteroatoms. The van der Waals surface area contributed by atoms with Gasteiger partial charge in [0.15, 0.2) is 0 Å². The molecule has 1 fully saturated rings. The molecule has 0 amide bonds. The van der Waals surface area contributed by atoms with Gasteiger partial charge in [0.2, 0.25) is 5.89 Å². The Bertz CT molecular complexity index is 306. The molecule has 1 aliphatic carbocycles. The molecule has 0 radical (unpaired) electrons. The van der Waals surface area contributed by atoms with E-state index in [-0.39, 0.29) is 0 Å². The van der Waals surface area contributed by atoms with Crippen LogP contribution in [0.15, 0.2) is 4.42 Å². The zero-order chi connectivity index (χ0) is 10.7. The van der Waals surface area contributed by atoms with Crippen molar-refractivity contribution in [1.82, 2.24) is 10.2 Å². The maximum atomic E-state index is 5.52. The van der Waals surface area contributed by atoms with Crippen LogP contribution in [0.3, 0.4) is 0 Å². The monoisotopic (exact) mass is 210 g/mol. The Hall–Kier alpha value is -1.10. The van der Waals surface area contributed by atoms with Crippen molar-refractivity contribution in [1.29, 1.82) is 0 Å². The number of hydrogen-bond acceptors (Lipinski definition) is 5. The second-order valence-corrected chi connectivity index (χ2v) is 4.07. The standard InChI is InChI=1S/C10H18N4O/c1-14(8-4-2-3-5-8)10-13-12-9(15-10)6-7-11/h8H,2-7,11H2,1H3. The maximum Gasteiger partial charge on any atom is 0.318 e. The molecule has 0 spiro atoms. The summed E-state index contributed by atoms with van der Waals surface area (Å²) in [6, 6.07) is 1.20. The van der Waals surface area contributed by atoms with Crippen LogP contribution in [0.2, 0.25) is 0 Å². The Morgan fingerprint density at radius 3 is 2.80 bits per heavy atom. The number of rotatable bonds is 4. The normalized spacial score (nSPS) is 17.2. The van der Waals surface area contributed by atoms with E-state index in [0.717, 1.165) is 0 Å². The first kappa shape index (κ1) is 10.4. The van der Waals surface area contributed by atoms with E-state index in [1.807, 2.05) is 7.05 Å². The largest absolute Gasteiger partial charge is 0.408 e. The Labute approximate surface area is 89.6 Å². The molecule has 2 N–H and O–H groups in total. The second-order valence-electron chi connectivity index (χ2n) is 4.07. The first-order valence-corrected chi connectivity index (χ1v) is 5.56. The van der Waals surface area contributed by atoms with Crippen molar-refractivity contribution in [2.75, 3.05) is 18.5 Å². The predicted octanol–water partition coefficient (Wildman–Crippen LogP) is 0.950. The van der Waals surface area contributed by atoms with E-state index in [2.05, 4.69) is 15.1 Å². The zero-order valence-corrected chi connectivity index (χ0v) is 9.15. The molecule has 1 aromatic heterocycles. The molecule has 84 valence electrons. The van der Waals surface area contributed by atoms with Crippen LogP contribution >= 0.6 is 0 Å². The molecular weight excluding hydrogens is 192 g/mol. The van der Waals surface area contributed by atoms with Crippen LogP contribution in [0.1, 0.15) is 31.6 Å². The Balaban J connectivity index is 2.00. The molecule has 5 nitrogen and oxygen atoms in total. The zero-order valence-electron chi connectivity index (χ0n) is 9.15. The number of aromatic nitrogens is 2. The number of nitrogens with zero attached hydrogens (tertiary/aromatic N) is 3. The van der Waals surface area contributed by atoms with Crippen LogP contribution < -0.4 is 10.6 Å². The summed E-state index contributed by atoms with van der Waals surface area (Å²) in [5, 5.41) is 7.99. The summed E-state index contributed by atoms with van der Waals surface area (Å²) in [5.41, 5.74) is 5.43. The minimum absolute atomic E-state index is 0.550. The van der Waals surface area contributed by atoms with Crippen molar-refractivity contribution < 1.29 is 4.42 Å². The van der Waals surface area contributed by atoms with E-state index < -0.39 is 0 Å². The molecule has 0 saturated heterocycles. The average molecular weight is 210 g/mol. The summed E-state index contributed by atoms with van der Waals surface area (Å²) in [6.45, 7) is 0.550. The topological polar surface area (TPSA) is 68.2 Å². The van der Waals surface area contributed by atoms with Crippen LogP contribution in [0.25, 0.3) is 0 Å². The smallest absolute Gasteiger partial charge is 0.318 e. The van der Waals surface area contributed by atoms with Gasteiger partial charge in [0.1, 0.15) is 0 Å². The molecule has 0 aliphatic heterocycles. The van der Waals surface area contributed by atoms with Gasteiger partial charge in [-0.3, -0.25) is 0 Å². The number of hydrogen-bond donors (Lipinski definition) is 1. The van der Waals surface area contributed by atoms with Crippen LogP contribution in [0.5, 0.6) is 0 Å². The molecule has 0 aromatic carbocycles. The molecule has 1 heterocycles.